The van der Waals surface area contributed by atoms with Crippen LogP contribution in [0.2, 0.25) is 0 Å². The second-order valence-electron chi connectivity index (χ2n) is 1.84. The van der Waals surface area contributed by atoms with Crippen LogP contribution in [-0.4, -0.2) is 37.0 Å². The van der Waals surface area contributed by atoms with Crippen LogP contribution in [0.5, 0.6) is 0 Å². The largest absolute Gasteiger partial charge is 0.522 e. The first kappa shape index (κ1) is 22.1. The second kappa shape index (κ2) is 6.19. The van der Waals surface area contributed by atoms with Crippen molar-refractivity contribution >= 4 is 20.2 Å². The van der Waals surface area contributed by atoms with Crippen LogP contribution < -0.4 is 0 Å². The fourth-order valence-electron chi connectivity index (χ4n) is 0. The summed E-state index contributed by atoms with van der Waals surface area (Å²) in [7, 11) is -11.7. The van der Waals surface area contributed by atoms with Crippen molar-refractivity contribution in [1.29, 1.82) is 0 Å². The molecule has 0 aromatic carbocycles. The summed E-state index contributed by atoms with van der Waals surface area (Å²) in [5, 5.41) is 0. The molecule has 0 aromatic rings. The van der Waals surface area contributed by atoms with E-state index >= 15 is 0 Å². The SMILES string of the molecule is O=S(=O)(O)C(F)(F)F.O=S(=O)(O)C(F)(F)F.[Fe]. The van der Waals surface area contributed by atoms with Gasteiger partial charge in [-0.05, 0) is 0 Å². The zero-order chi connectivity index (χ0) is 14.0. The van der Waals surface area contributed by atoms with Crippen molar-refractivity contribution in [3.63, 3.8) is 0 Å². The molecule has 0 unspecified atom stereocenters. The van der Waals surface area contributed by atoms with E-state index in [2.05, 4.69) is 0 Å². The molecular weight excluding hydrogens is 354 g/mol. The van der Waals surface area contributed by atoms with Crippen LogP contribution >= 0.6 is 0 Å². The van der Waals surface area contributed by atoms with Gasteiger partial charge in [0.2, 0.25) is 0 Å². The minimum absolute atomic E-state index is 0. The van der Waals surface area contributed by atoms with E-state index in [4.69, 9.17) is 25.9 Å². The summed E-state index contributed by atoms with van der Waals surface area (Å²) in [6.45, 7) is 0. The van der Waals surface area contributed by atoms with Crippen LogP contribution in [0.1, 0.15) is 0 Å². The summed E-state index contributed by atoms with van der Waals surface area (Å²) in [6.07, 6.45) is 0. The molecule has 0 heterocycles. The van der Waals surface area contributed by atoms with Crippen LogP contribution in [0.15, 0.2) is 0 Å². The maximum absolute atomic E-state index is 10.7. The smallest absolute Gasteiger partial charge is 0.279 e. The summed E-state index contributed by atoms with van der Waals surface area (Å²) in [4.78, 5) is 0. The van der Waals surface area contributed by atoms with Crippen LogP contribution in [0.3, 0.4) is 0 Å². The fraction of sp³-hybridized carbons (Fsp3) is 1.00. The van der Waals surface area contributed by atoms with E-state index in [1.165, 1.54) is 0 Å². The van der Waals surface area contributed by atoms with Gasteiger partial charge < -0.3 is 0 Å². The monoisotopic (exact) mass is 356 g/mol. The van der Waals surface area contributed by atoms with Gasteiger partial charge in [-0.25, -0.2) is 0 Å². The van der Waals surface area contributed by atoms with Crippen molar-refractivity contribution in [2.24, 2.45) is 0 Å². The van der Waals surface area contributed by atoms with E-state index in [1.54, 1.807) is 0 Å². The first-order chi connectivity index (χ1) is 6.50. The third-order valence-electron chi connectivity index (χ3n) is 0.585. The Hall–Kier alpha value is -0.0805. The average Bonchev–Trinajstić information content (AvgIpc) is 1.77. The maximum atomic E-state index is 10.7. The Labute approximate surface area is 101 Å². The van der Waals surface area contributed by atoms with Crippen LogP contribution in [0.25, 0.3) is 0 Å². The number of hydrogen-bond acceptors (Lipinski definition) is 4. The van der Waals surface area contributed by atoms with Crippen molar-refractivity contribution < 1.29 is 69.4 Å². The number of alkyl halides is 6. The molecule has 108 valence electrons. The van der Waals surface area contributed by atoms with Crippen molar-refractivity contribution in [2.45, 2.75) is 11.0 Å². The first-order valence-corrected chi connectivity index (χ1v) is 5.45. The molecule has 0 atom stereocenters. The molecule has 0 bridgehead atoms. The number of halogens is 6. The van der Waals surface area contributed by atoms with Gasteiger partial charge in [0.1, 0.15) is 0 Å². The Kier molecular flexibility index (Phi) is 8.06. The molecule has 0 spiro atoms. The molecule has 0 saturated carbocycles. The standard InChI is InChI=1S/2CHF3O3S.Fe/c2*2-1(3,4)8(5,6)7;/h2*(H,5,6,7);. The molecule has 2 N–H and O–H groups in total. The van der Waals surface area contributed by atoms with Gasteiger partial charge in [-0.3, -0.25) is 9.11 Å². The summed E-state index contributed by atoms with van der Waals surface area (Å²) >= 11 is 0. The van der Waals surface area contributed by atoms with E-state index in [-0.39, 0.29) is 17.1 Å². The van der Waals surface area contributed by atoms with E-state index < -0.39 is 31.3 Å². The maximum Gasteiger partial charge on any atom is 0.522 e. The Bertz CT molecular complexity index is 374. The van der Waals surface area contributed by atoms with Gasteiger partial charge >= 0.3 is 31.3 Å². The van der Waals surface area contributed by atoms with Crippen LogP contribution in [0, 0.1) is 0 Å². The molecule has 6 nitrogen and oxygen atoms in total. The molecule has 0 aromatic heterocycles. The van der Waals surface area contributed by atoms with Gasteiger partial charge in [0, 0.05) is 17.1 Å². The molecule has 0 aliphatic rings. The van der Waals surface area contributed by atoms with Crippen molar-refractivity contribution in [2.75, 3.05) is 0 Å². The minimum Gasteiger partial charge on any atom is -0.279 e. The van der Waals surface area contributed by atoms with Crippen molar-refractivity contribution in [3.8, 4) is 0 Å². The molecule has 0 rings (SSSR count). The van der Waals surface area contributed by atoms with E-state index in [9.17, 15) is 26.3 Å². The quantitative estimate of drug-likeness (QED) is 0.288. The van der Waals surface area contributed by atoms with Crippen LogP contribution in [0.4, 0.5) is 26.3 Å². The van der Waals surface area contributed by atoms with Gasteiger partial charge in [0.15, 0.2) is 0 Å². The molecule has 0 fully saturated rings. The predicted molar refractivity (Wildman–Crippen MR) is 35.2 cm³/mol. The molecule has 0 amide bonds. The van der Waals surface area contributed by atoms with E-state index in [0.717, 1.165) is 0 Å². The molecule has 17 heavy (non-hydrogen) atoms. The molecular formula is C2H2F6FeO6S2. The average molecular weight is 356 g/mol. The van der Waals surface area contributed by atoms with Crippen molar-refractivity contribution in [1.82, 2.24) is 0 Å². The van der Waals surface area contributed by atoms with Gasteiger partial charge in [0.25, 0.3) is 0 Å². The van der Waals surface area contributed by atoms with Gasteiger partial charge in [-0.1, -0.05) is 0 Å². The zero-order valence-electron chi connectivity index (χ0n) is 6.97. The Morgan fingerprint density at radius 1 is 0.647 bits per heavy atom. The first-order valence-electron chi connectivity index (χ1n) is 2.57. The Morgan fingerprint density at radius 2 is 0.706 bits per heavy atom. The van der Waals surface area contributed by atoms with Gasteiger partial charge in [-0.2, -0.15) is 43.2 Å². The van der Waals surface area contributed by atoms with Crippen molar-refractivity contribution in [3.05, 3.63) is 0 Å². The Morgan fingerprint density at radius 3 is 0.706 bits per heavy atom. The van der Waals surface area contributed by atoms with Crippen LogP contribution in [-0.2, 0) is 37.3 Å². The van der Waals surface area contributed by atoms with Gasteiger partial charge in [-0.15, -0.1) is 0 Å². The molecule has 0 radical (unpaired) electrons. The summed E-state index contributed by atoms with van der Waals surface area (Å²) < 4.78 is 115. The Balaban J connectivity index is -0.000000218. The third kappa shape index (κ3) is 9.61. The normalized spacial score (nSPS) is 13.2. The van der Waals surface area contributed by atoms with E-state index in [1.807, 2.05) is 0 Å². The van der Waals surface area contributed by atoms with E-state index in [0.29, 0.717) is 0 Å². The summed E-state index contributed by atoms with van der Waals surface area (Å²) in [6, 6.07) is 0. The molecule has 0 aliphatic carbocycles. The topological polar surface area (TPSA) is 109 Å². The zero-order valence-corrected chi connectivity index (χ0v) is 9.70. The summed E-state index contributed by atoms with van der Waals surface area (Å²) in [5.74, 6) is 0. The van der Waals surface area contributed by atoms with Gasteiger partial charge in [0.05, 0.1) is 0 Å². The predicted octanol–water partition coefficient (Wildman–Crippen LogP) is 0.786. The fourth-order valence-corrected chi connectivity index (χ4v) is 0. The number of rotatable bonds is 0. The minimum atomic E-state index is -5.84. The second-order valence-corrected chi connectivity index (χ2v) is 4.67. The number of hydrogen-bond donors (Lipinski definition) is 2. The molecule has 15 heteroatoms. The third-order valence-corrected chi connectivity index (χ3v) is 1.75. The summed E-state index contributed by atoms with van der Waals surface area (Å²) in [5.41, 5.74) is -11.1. The molecule has 0 saturated heterocycles. The molecule has 0 aliphatic heterocycles.